The molecule has 26 heavy (non-hydrogen) atoms. The van der Waals surface area contributed by atoms with Crippen molar-refractivity contribution in [2.75, 3.05) is 12.4 Å². The number of aromatic nitrogens is 2. The number of ether oxygens (including phenoxy) is 1. The molecular weight excluding hydrogens is 329 g/mol. The number of benzene rings is 2. The molecule has 0 radical (unpaired) electrons. The van der Waals surface area contributed by atoms with Gasteiger partial charge in [0.05, 0.1) is 19.0 Å². The summed E-state index contributed by atoms with van der Waals surface area (Å²) >= 11 is 0. The molecule has 3 rings (SSSR count). The molecule has 0 aliphatic carbocycles. The topological polar surface area (TPSA) is 47.0 Å². The Morgan fingerprint density at radius 2 is 1.65 bits per heavy atom. The normalized spacial score (nSPS) is 11.3. The summed E-state index contributed by atoms with van der Waals surface area (Å²) in [6.45, 7) is 6.06. The summed E-state index contributed by atoms with van der Waals surface area (Å²) in [4.78, 5) is 8.84. The van der Waals surface area contributed by atoms with Crippen molar-refractivity contribution in [2.24, 2.45) is 0 Å². The van der Waals surface area contributed by atoms with E-state index in [1.165, 1.54) is 7.11 Å². The minimum Gasteiger partial charge on any atom is -0.478 e. The minimum atomic E-state index is -0.327. The average Bonchev–Trinajstić information content (AvgIpc) is 2.62. The fraction of sp³-hybridized carbons (Fsp3) is 0.238. The Labute approximate surface area is 153 Å². The van der Waals surface area contributed by atoms with Crippen molar-refractivity contribution in [3.05, 3.63) is 60.5 Å². The molecule has 0 amide bonds. The van der Waals surface area contributed by atoms with Gasteiger partial charge in [0.2, 0.25) is 0 Å². The predicted molar refractivity (Wildman–Crippen MR) is 103 cm³/mol. The smallest absolute Gasteiger partial charge is 0.257 e. The standard InChI is InChI=1S/C21H22FN3O/c1-21(2,3)25-19-20(26-4)24-17(13-23-19)16-12-8-11-15(18(16)22)14-9-6-5-7-10-14/h5-13H,1-4H3,(H,23,25). The number of hydrogen-bond acceptors (Lipinski definition) is 4. The lowest BCUT2D eigenvalue weighted by Crippen LogP contribution is -2.27. The van der Waals surface area contributed by atoms with Crippen molar-refractivity contribution < 1.29 is 9.13 Å². The van der Waals surface area contributed by atoms with Crippen molar-refractivity contribution in [1.29, 1.82) is 0 Å². The van der Waals surface area contributed by atoms with Crippen LogP contribution in [0.4, 0.5) is 10.2 Å². The van der Waals surface area contributed by atoms with Crippen molar-refractivity contribution in [1.82, 2.24) is 9.97 Å². The number of halogens is 1. The maximum absolute atomic E-state index is 15.1. The number of nitrogens with zero attached hydrogens (tertiary/aromatic N) is 2. The van der Waals surface area contributed by atoms with Crippen LogP contribution in [-0.4, -0.2) is 22.6 Å². The third-order valence-electron chi connectivity index (χ3n) is 3.79. The highest BCUT2D eigenvalue weighted by Crippen LogP contribution is 2.32. The van der Waals surface area contributed by atoms with E-state index in [1.807, 2.05) is 57.2 Å². The van der Waals surface area contributed by atoms with Crippen LogP contribution in [0, 0.1) is 5.82 Å². The fourth-order valence-electron chi connectivity index (χ4n) is 2.66. The van der Waals surface area contributed by atoms with Crippen molar-refractivity contribution >= 4 is 5.82 Å². The van der Waals surface area contributed by atoms with Gasteiger partial charge in [0.1, 0.15) is 5.82 Å². The van der Waals surface area contributed by atoms with Gasteiger partial charge in [-0.05, 0) is 32.4 Å². The van der Waals surface area contributed by atoms with Crippen LogP contribution >= 0.6 is 0 Å². The molecule has 0 fully saturated rings. The number of nitrogens with one attached hydrogen (secondary N) is 1. The van der Waals surface area contributed by atoms with E-state index in [9.17, 15) is 0 Å². The molecule has 1 heterocycles. The molecule has 0 bridgehead atoms. The van der Waals surface area contributed by atoms with E-state index in [2.05, 4.69) is 15.3 Å². The van der Waals surface area contributed by atoms with Crippen molar-refractivity contribution in [2.45, 2.75) is 26.3 Å². The Morgan fingerprint density at radius 3 is 2.31 bits per heavy atom. The first kappa shape index (κ1) is 17.9. The van der Waals surface area contributed by atoms with E-state index in [0.717, 1.165) is 5.56 Å². The molecule has 0 saturated heterocycles. The monoisotopic (exact) mass is 351 g/mol. The molecule has 0 aliphatic heterocycles. The largest absolute Gasteiger partial charge is 0.478 e. The van der Waals surface area contributed by atoms with Crippen LogP contribution in [0.5, 0.6) is 5.88 Å². The Balaban J connectivity index is 2.05. The maximum Gasteiger partial charge on any atom is 0.257 e. The van der Waals surface area contributed by atoms with E-state index in [4.69, 9.17) is 4.74 Å². The van der Waals surface area contributed by atoms with Gasteiger partial charge in [0.25, 0.3) is 5.88 Å². The summed E-state index contributed by atoms with van der Waals surface area (Å²) in [7, 11) is 1.53. The second-order valence-corrected chi connectivity index (χ2v) is 7.02. The second-order valence-electron chi connectivity index (χ2n) is 7.02. The highest BCUT2D eigenvalue weighted by Gasteiger charge is 2.18. The van der Waals surface area contributed by atoms with Gasteiger partial charge in [-0.15, -0.1) is 0 Å². The van der Waals surface area contributed by atoms with E-state index in [-0.39, 0.29) is 11.4 Å². The summed E-state index contributed by atoms with van der Waals surface area (Å²) in [6.07, 6.45) is 1.56. The summed E-state index contributed by atoms with van der Waals surface area (Å²) in [6, 6.07) is 14.7. The summed E-state index contributed by atoms with van der Waals surface area (Å²) in [5, 5.41) is 3.24. The molecule has 0 atom stereocenters. The lowest BCUT2D eigenvalue weighted by molar-refractivity contribution is 0.396. The molecule has 5 heteroatoms. The van der Waals surface area contributed by atoms with Crippen LogP contribution < -0.4 is 10.1 Å². The van der Waals surface area contributed by atoms with Crippen LogP contribution in [0.25, 0.3) is 22.4 Å². The molecule has 134 valence electrons. The van der Waals surface area contributed by atoms with E-state index < -0.39 is 0 Å². The van der Waals surface area contributed by atoms with Crippen molar-refractivity contribution in [3.8, 4) is 28.3 Å². The van der Waals surface area contributed by atoms with Crippen LogP contribution in [0.15, 0.2) is 54.7 Å². The molecule has 0 unspecified atom stereocenters. The molecule has 1 aromatic heterocycles. The molecule has 1 N–H and O–H groups in total. The van der Waals surface area contributed by atoms with Gasteiger partial charge >= 0.3 is 0 Å². The highest BCUT2D eigenvalue weighted by atomic mass is 19.1. The molecular formula is C21H22FN3O. The van der Waals surface area contributed by atoms with Gasteiger partial charge in [-0.1, -0.05) is 42.5 Å². The SMILES string of the molecule is COc1nc(-c2cccc(-c3ccccc3)c2F)cnc1NC(C)(C)C. The Kier molecular flexibility index (Phi) is 4.89. The highest BCUT2D eigenvalue weighted by molar-refractivity contribution is 5.73. The number of rotatable bonds is 4. The van der Waals surface area contributed by atoms with E-state index in [0.29, 0.717) is 28.5 Å². The van der Waals surface area contributed by atoms with Crippen LogP contribution in [-0.2, 0) is 0 Å². The maximum atomic E-state index is 15.1. The zero-order valence-electron chi connectivity index (χ0n) is 15.4. The van der Waals surface area contributed by atoms with Crippen LogP contribution in [0.3, 0.4) is 0 Å². The predicted octanol–water partition coefficient (Wildman–Crippen LogP) is 5.17. The first-order valence-corrected chi connectivity index (χ1v) is 8.42. The zero-order valence-corrected chi connectivity index (χ0v) is 15.4. The van der Waals surface area contributed by atoms with Gasteiger partial charge in [0.15, 0.2) is 5.82 Å². The Hall–Kier alpha value is -2.95. The lowest BCUT2D eigenvalue weighted by atomic mass is 10.0. The molecule has 0 saturated carbocycles. The minimum absolute atomic E-state index is 0.193. The van der Waals surface area contributed by atoms with Crippen LogP contribution in [0.2, 0.25) is 0 Å². The van der Waals surface area contributed by atoms with E-state index >= 15 is 4.39 Å². The molecule has 0 aliphatic rings. The summed E-state index contributed by atoms with van der Waals surface area (Å²) < 4.78 is 20.5. The quantitative estimate of drug-likeness (QED) is 0.704. The Bertz CT molecular complexity index is 905. The average molecular weight is 351 g/mol. The summed E-state index contributed by atoms with van der Waals surface area (Å²) in [5.41, 5.74) is 1.97. The molecule has 2 aromatic carbocycles. The summed E-state index contributed by atoms with van der Waals surface area (Å²) in [5.74, 6) is 0.539. The van der Waals surface area contributed by atoms with Gasteiger partial charge in [-0.25, -0.2) is 14.4 Å². The third kappa shape index (κ3) is 3.82. The molecule has 3 aromatic rings. The number of methoxy groups -OCH3 is 1. The first-order chi connectivity index (χ1) is 12.4. The third-order valence-corrected chi connectivity index (χ3v) is 3.79. The van der Waals surface area contributed by atoms with Gasteiger partial charge < -0.3 is 10.1 Å². The van der Waals surface area contributed by atoms with Gasteiger partial charge in [-0.2, -0.15) is 0 Å². The molecule has 0 spiro atoms. The number of hydrogen-bond donors (Lipinski definition) is 1. The van der Waals surface area contributed by atoms with E-state index in [1.54, 1.807) is 18.3 Å². The molecule has 4 nitrogen and oxygen atoms in total. The first-order valence-electron chi connectivity index (χ1n) is 8.42. The lowest BCUT2D eigenvalue weighted by Gasteiger charge is -2.22. The van der Waals surface area contributed by atoms with Crippen molar-refractivity contribution in [3.63, 3.8) is 0 Å². The van der Waals surface area contributed by atoms with Gasteiger partial charge in [0, 0.05) is 16.7 Å². The van der Waals surface area contributed by atoms with Gasteiger partial charge in [-0.3, -0.25) is 0 Å². The fourth-order valence-corrected chi connectivity index (χ4v) is 2.66. The number of anilines is 1. The Morgan fingerprint density at radius 1 is 0.962 bits per heavy atom. The zero-order chi connectivity index (χ0) is 18.7. The van der Waals surface area contributed by atoms with Crippen LogP contribution in [0.1, 0.15) is 20.8 Å². The second kappa shape index (κ2) is 7.12.